The van der Waals surface area contributed by atoms with Gasteiger partial charge in [-0.25, -0.2) is 4.79 Å². The quantitative estimate of drug-likeness (QED) is 0.579. The second-order valence-corrected chi connectivity index (χ2v) is 5.28. The fourth-order valence-electron chi connectivity index (χ4n) is 2.31. The summed E-state index contributed by atoms with van der Waals surface area (Å²) in [5, 5.41) is 0. The molecule has 2 heteroatoms. The first-order chi connectivity index (χ1) is 9.39. The topological polar surface area (TPSA) is 26.3 Å². The van der Waals surface area contributed by atoms with E-state index >= 15 is 0 Å². The predicted molar refractivity (Wildman–Crippen MR) is 80.0 cm³/mol. The van der Waals surface area contributed by atoms with E-state index in [1.54, 1.807) is 6.08 Å². The molecular weight excluding hydrogens is 236 g/mol. The first kappa shape index (κ1) is 16.0. The molecule has 1 rings (SSSR count). The number of rotatable bonds is 0. The largest absolute Gasteiger partial charge is 0.463 e. The van der Waals surface area contributed by atoms with E-state index in [-0.39, 0.29) is 5.97 Å². The summed E-state index contributed by atoms with van der Waals surface area (Å²) in [5.74, 6) is -0.217. The Balaban J connectivity index is 2.25. The Morgan fingerprint density at radius 2 is 1.32 bits per heavy atom. The van der Waals surface area contributed by atoms with Crippen molar-refractivity contribution in [3.63, 3.8) is 0 Å². The minimum atomic E-state index is -0.217. The van der Waals surface area contributed by atoms with Gasteiger partial charge in [0.2, 0.25) is 0 Å². The molecule has 1 aliphatic rings. The number of hydrogen-bond donors (Lipinski definition) is 0. The van der Waals surface area contributed by atoms with Crippen LogP contribution >= 0.6 is 0 Å². The van der Waals surface area contributed by atoms with Crippen molar-refractivity contribution in [1.82, 2.24) is 0 Å². The van der Waals surface area contributed by atoms with Crippen LogP contribution in [0.15, 0.2) is 24.3 Å². The minimum Gasteiger partial charge on any atom is -0.463 e. The van der Waals surface area contributed by atoms with Crippen molar-refractivity contribution in [2.45, 2.75) is 70.6 Å². The summed E-state index contributed by atoms with van der Waals surface area (Å²) >= 11 is 0. The molecule has 108 valence electrons. The van der Waals surface area contributed by atoms with E-state index in [9.17, 15) is 4.79 Å². The third-order valence-electron chi connectivity index (χ3n) is 3.49. The summed E-state index contributed by atoms with van der Waals surface area (Å²) in [6.45, 7) is 0.562. The van der Waals surface area contributed by atoms with Crippen molar-refractivity contribution < 1.29 is 9.53 Å². The molecule has 0 aliphatic carbocycles. The van der Waals surface area contributed by atoms with Gasteiger partial charge in [0, 0.05) is 6.08 Å². The molecule has 0 amide bonds. The third-order valence-corrected chi connectivity index (χ3v) is 3.49. The molecule has 2 nitrogen and oxygen atoms in total. The van der Waals surface area contributed by atoms with Gasteiger partial charge in [-0.3, -0.25) is 0 Å². The van der Waals surface area contributed by atoms with Crippen LogP contribution in [0.1, 0.15) is 70.6 Å². The maximum absolute atomic E-state index is 11.3. The smallest absolute Gasteiger partial charge is 0.330 e. The summed E-state index contributed by atoms with van der Waals surface area (Å²) in [6.07, 6.45) is 21.4. The number of esters is 1. The molecule has 0 aromatic rings. The van der Waals surface area contributed by atoms with Crippen LogP contribution in [0.5, 0.6) is 0 Å². The Bertz CT molecular complexity index is 279. The van der Waals surface area contributed by atoms with Gasteiger partial charge in [0.15, 0.2) is 0 Å². The summed E-state index contributed by atoms with van der Waals surface area (Å²) in [7, 11) is 0. The molecule has 0 saturated carbocycles. The molecule has 19 heavy (non-hydrogen) atoms. The number of hydrogen-bond acceptors (Lipinski definition) is 2. The molecule has 0 aromatic carbocycles. The molecule has 0 unspecified atom stereocenters. The zero-order valence-corrected chi connectivity index (χ0v) is 12.1. The average molecular weight is 264 g/mol. The van der Waals surface area contributed by atoms with Crippen LogP contribution < -0.4 is 0 Å². The molecule has 0 N–H and O–H groups in total. The zero-order chi connectivity index (χ0) is 13.6. The van der Waals surface area contributed by atoms with E-state index in [1.807, 2.05) is 6.08 Å². The molecule has 0 atom stereocenters. The van der Waals surface area contributed by atoms with Crippen LogP contribution in [-0.2, 0) is 9.53 Å². The summed E-state index contributed by atoms with van der Waals surface area (Å²) in [5.41, 5.74) is 0. The monoisotopic (exact) mass is 264 g/mol. The fraction of sp³-hybridized carbons (Fsp3) is 0.706. The lowest BCUT2D eigenvalue weighted by molar-refractivity contribution is -0.137. The third kappa shape index (κ3) is 10.5. The minimum absolute atomic E-state index is 0.217. The first-order valence-electron chi connectivity index (χ1n) is 7.89. The van der Waals surface area contributed by atoms with Crippen LogP contribution in [0.25, 0.3) is 0 Å². The van der Waals surface area contributed by atoms with E-state index in [2.05, 4.69) is 6.08 Å². The Kier molecular flexibility index (Phi) is 10.1. The normalized spacial score (nSPS) is 21.4. The van der Waals surface area contributed by atoms with Gasteiger partial charge < -0.3 is 4.74 Å². The summed E-state index contributed by atoms with van der Waals surface area (Å²) in [4.78, 5) is 11.3. The van der Waals surface area contributed by atoms with E-state index in [0.717, 1.165) is 12.8 Å². The van der Waals surface area contributed by atoms with Gasteiger partial charge in [-0.15, -0.1) is 0 Å². The molecule has 0 saturated heterocycles. The van der Waals surface area contributed by atoms with Crippen molar-refractivity contribution in [1.29, 1.82) is 0 Å². The number of carbonyl (C=O) groups is 1. The standard InChI is InChI=1S/C17H28O2/c18-17-15-13-11-9-7-5-3-1-2-4-6-8-10-12-14-16-19-17/h9,11,13,15H,1-8,10,12,14,16H2. The van der Waals surface area contributed by atoms with Crippen molar-refractivity contribution in [3.8, 4) is 0 Å². The molecule has 0 bridgehead atoms. The molecule has 0 spiro atoms. The lowest BCUT2D eigenvalue weighted by Gasteiger charge is -2.03. The predicted octanol–water partition coefficient (Wildman–Crippen LogP) is 4.95. The first-order valence-corrected chi connectivity index (χ1v) is 7.89. The average Bonchev–Trinajstić information content (AvgIpc) is 2.41. The van der Waals surface area contributed by atoms with Crippen LogP contribution in [0.2, 0.25) is 0 Å². The van der Waals surface area contributed by atoms with Gasteiger partial charge >= 0.3 is 5.97 Å². The van der Waals surface area contributed by atoms with Gasteiger partial charge in [-0.1, -0.05) is 69.6 Å². The van der Waals surface area contributed by atoms with Crippen molar-refractivity contribution in [3.05, 3.63) is 24.3 Å². The van der Waals surface area contributed by atoms with E-state index in [1.165, 1.54) is 63.9 Å². The molecule has 0 radical (unpaired) electrons. The zero-order valence-electron chi connectivity index (χ0n) is 12.1. The lowest BCUT2D eigenvalue weighted by atomic mass is 10.1. The van der Waals surface area contributed by atoms with Crippen LogP contribution in [0.3, 0.4) is 0 Å². The molecule has 0 aromatic heterocycles. The van der Waals surface area contributed by atoms with E-state index in [4.69, 9.17) is 4.74 Å². The Hall–Kier alpha value is -1.05. The maximum Gasteiger partial charge on any atom is 0.330 e. The van der Waals surface area contributed by atoms with Gasteiger partial charge in [0.1, 0.15) is 0 Å². The number of allylic oxidation sites excluding steroid dienone is 3. The molecular formula is C17H28O2. The highest BCUT2D eigenvalue weighted by molar-refractivity contribution is 5.82. The van der Waals surface area contributed by atoms with Gasteiger partial charge in [-0.2, -0.15) is 0 Å². The highest BCUT2D eigenvalue weighted by Crippen LogP contribution is 2.11. The molecule has 0 fully saturated rings. The number of cyclic esters (lactones) is 1. The van der Waals surface area contributed by atoms with Crippen LogP contribution in [0, 0.1) is 0 Å². The van der Waals surface area contributed by atoms with Crippen molar-refractivity contribution in [2.75, 3.05) is 6.61 Å². The Labute approximate surface area is 117 Å². The molecule has 1 aliphatic heterocycles. The summed E-state index contributed by atoms with van der Waals surface area (Å²) < 4.78 is 5.13. The Morgan fingerprint density at radius 3 is 2.00 bits per heavy atom. The SMILES string of the molecule is O=C1C=CC=CCCCCCCCCCCCCO1. The number of carbonyl (C=O) groups excluding carboxylic acids is 1. The maximum atomic E-state index is 11.3. The van der Waals surface area contributed by atoms with Crippen molar-refractivity contribution in [2.24, 2.45) is 0 Å². The van der Waals surface area contributed by atoms with E-state index in [0.29, 0.717) is 6.61 Å². The molecule has 1 heterocycles. The van der Waals surface area contributed by atoms with Gasteiger partial charge in [0.25, 0.3) is 0 Å². The van der Waals surface area contributed by atoms with Crippen LogP contribution in [-0.4, -0.2) is 12.6 Å². The second kappa shape index (κ2) is 12.0. The lowest BCUT2D eigenvalue weighted by Crippen LogP contribution is -2.02. The van der Waals surface area contributed by atoms with Crippen LogP contribution in [0.4, 0.5) is 0 Å². The Morgan fingerprint density at radius 1 is 0.737 bits per heavy atom. The number of ether oxygens (including phenoxy) is 1. The van der Waals surface area contributed by atoms with Gasteiger partial charge in [0.05, 0.1) is 6.61 Å². The van der Waals surface area contributed by atoms with E-state index < -0.39 is 0 Å². The summed E-state index contributed by atoms with van der Waals surface area (Å²) in [6, 6.07) is 0. The highest BCUT2D eigenvalue weighted by Gasteiger charge is 1.97. The van der Waals surface area contributed by atoms with Gasteiger partial charge in [-0.05, 0) is 19.3 Å². The second-order valence-electron chi connectivity index (χ2n) is 5.28. The fourth-order valence-corrected chi connectivity index (χ4v) is 2.31. The van der Waals surface area contributed by atoms with Crippen molar-refractivity contribution >= 4 is 5.97 Å². The highest BCUT2D eigenvalue weighted by atomic mass is 16.5.